The van der Waals surface area contributed by atoms with Gasteiger partial charge in [0, 0.05) is 0 Å². The summed E-state index contributed by atoms with van der Waals surface area (Å²) in [5.74, 6) is 1.20. The lowest BCUT2D eigenvalue weighted by atomic mass is 10.6. The molecule has 0 aliphatic heterocycles. The molecular formula is C9H22N2O4S2. The molecule has 0 aromatic heterocycles. The van der Waals surface area contributed by atoms with E-state index in [1.807, 2.05) is 11.4 Å². The molecule has 0 fully saturated rings. The SMILES string of the molecule is CCC[S+]=C(N(C)C)N(C)C.COS(=O)(=O)[O-]. The van der Waals surface area contributed by atoms with Gasteiger partial charge in [-0.2, -0.15) is 0 Å². The van der Waals surface area contributed by atoms with Crippen LogP contribution in [-0.2, 0) is 25.9 Å². The van der Waals surface area contributed by atoms with Crippen molar-refractivity contribution < 1.29 is 17.2 Å². The van der Waals surface area contributed by atoms with Crippen molar-refractivity contribution in [1.82, 2.24) is 9.80 Å². The Kier molecular flexibility index (Phi) is 11.2. The quantitative estimate of drug-likeness (QED) is 0.309. The Morgan fingerprint density at radius 3 is 1.76 bits per heavy atom. The van der Waals surface area contributed by atoms with Crippen LogP contribution in [0.3, 0.4) is 0 Å². The Bertz CT molecular complexity index is 303. The molecule has 0 N–H and O–H groups in total. The molecule has 0 bridgehead atoms. The minimum atomic E-state index is -4.41. The molecule has 8 heteroatoms. The maximum absolute atomic E-state index is 9.22. The lowest BCUT2D eigenvalue weighted by molar-refractivity contribution is 0.314. The summed E-state index contributed by atoms with van der Waals surface area (Å²) in [6.45, 7) is 2.20. The van der Waals surface area contributed by atoms with E-state index in [1.165, 1.54) is 17.3 Å². The Morgan fingerprint density at radius 1 is 1.24 bits per heavy atom. The molecule has 0 aliphatic rings. The first-order chi connectivity index (χ1) is 7.65. The third kappa shape index (κ3) is 13.8. The number of rotatable bonds is 3. The van der Waals surface area contributed by atoms with Crippen molar-refractivity contribution in [3.05, 3.63) is 0 Å². The van der Waals surface area contributed by atoms with Gasteiger partial charge in [0.05, 0.1) is 7.11 Å². The molecule has 0 unspecified atom stereocenters. The molecule has 0 amide bonds. The van der Waals surface area contributed by atoms with Crippen LogP contribution in [0.25, 0.3) is 0 Å². The number of hydrogen-bond donors (Lipinski definition) is 0. The van der Waals surface area contributed by atoms with Gasteiger partial charge in [-0.3, -0.25) is 4.18 Å². The van der Waals surface area contributed by atoms with E-state index in [0.29, 0.717) is 0 Å². The minimum Gasteiger partial charge on any atom is -0.726 e. The van der Waals surface area contributed by atoms with Crippen molar-refractivity contribution in [3.63, 3.8) is 0 Å². The van der Waals surface area contributed by atoms with Gasteiger partial charge in [0.1, 0.15) is 0 Å². The molecular weight excluding hydrogens is 264 g/mol. The predicted molar refractivity (Wildman–Crippen MR) is 71.6 cm³/mol. The monoisotopic (exact) mass is 286 g/mol. The first kappa shape index (κ1) is 19.2. The van der Waals surface area contributed by atoms with Gasteiger partial charge < -0.3 is 4.55 Å². The van der Waals surface area contributed by atoms with Gasteiger partial charge in [-0.25, -0.2) is 18.2 Å². The fraction of sp³-hybridized carbons (Fsp3) is 0.889. The molecule has 0 saturated carbocycles. The third-order valence-electron chi connectivity index (χ3n) is 1.40. The average molecular weight is 286 g/mol. The lowest BCUT2D eigenvalue weighted by Crippen LogP contribution is -2.36. The Hall–Kier alpha value is -0.120. The van der Waals surface area contributed by atoms with Gasteiger partial charge in [-0.1, -0.05) is 6.92 Å². The van der Waals surface area contributed by atoms with Gasteiger partial charge in [0.25, 0.3) is 0 Å². The van der Waals surface area contributed by atoms with Gasteiger partial charge in [0.2, 0.25) is 21.7 Å². The van der Waals surface area contributed by atoms with E-state index in [0.717, 1.165) is 7.11 Å². The first-order valence-corrected chi connectivity index (χ1v) is 7.33. The van der Waals surface area contributed by atoms with Crippen molar-refractivity contribution in [2.75, 3.05) is 41.1 Å². The normalized spacial score (nSPS) is 11.1. The summed E-state index contributed by atoms with van der Waals surface area (Å²) in [6.07, 6.45) is 1.23. The maximum Gasteiger partial charge on any atom is 0.324 e. The van der Waals surface area contributed by atoms with Crippen molar-refractivity contribution in [1.29, 1.82) is 0 Å². The highest BCUT2D eigenvalue weighted by Gasteiger charge is 2.15. The van der Waals surface area contributed by atoms with E-state index in [4.69, 9.17) is 0 Å². The Balaban J connectivity index is 0. The zero-order valence-electron chi connectivity index (χ0n) is 11.3. The molecule has 0 aliphatic carbocycles. The molecule has 6 nitrogen and oxygen atoms in total. The first-order valence-electron chi connectivity index (χ1n) is 5.01. The lowest BCUT2D eigenvalue weighted by Gasteiger charge is -2.11. The molecule has 0 radical (unpaired) electrons. The zero-order valence-corrected chi connectivity index (χ0v) is 12.9. The van der Waals surface area contributed by atoms with Crippen LogP contribution in [0.2, 0.25) is 0 Å². The van der Waals surface area contributed by atoms with E-state index in [9.17, 15) is 13.0 Å². The Morgan fingerprint density at radius 2 is 1.59 bits per heavy atom. The van der Waals surface area contributed by atoms with Crippen molar-refractivity contribution in [2.45, 2.75) is 13.3 Å². The van der Waals surface area contributed by atoms with Gasteiger partial charge in [-0.05, 0) is 34.6 Å². The summed E-state index contributed by atoms with van der Waals surface area (Å²) in [6, 6.07) is 0. The largest absolute Gasteiger partial charge is 0.726 e. The maximum atomic E-state index is 9.22. The van der Waals surface area contributed by atoms with Crippen LogP contribution in [0.15, 0.2) is 0 Å². The minimum absolute atomic E-state index is 0.808. The van der Waals surface area contributed by atoms with Crippen LogP contribution in [-0.4, -0.2) is 68.9 Å². The molecule has 0 aromatic rings. The second-order valence-corrected chi connectivity index (χ2v) is 5.71. The van der Waals surface area contributed by atoms with Crippen molar-refractivity contribution >= 4 is 26.9 Å². The third-order valence-corrected chi connectivity index (χ3v) is 3.41. The van der Waals surface area contributed by atoms with Crippen molar-refractivity contribution in [3.8, 4) is 0 Å². The highest BCUT2D eigenvalue weighted by atomic mass is 32.3. The standard InChI is InChI=1S/C8H19N2S.CH4O4S/c1-6-7-11-8(9(2)3)10(4)5;1-5-6(2,3)4/h6-7H2,1-5H3;1H3,(H,2,3,4)/q+1;/p-1. The van der Waals surface area contributed by atoms with E-state index < -0.39 is 10.4 Å². The summed E-state index contributed by atoms with van der Waals surface area (Å²) in [5.41, 5.74) is 0. The fourth-order valence-corrected chi connectivity index (χ4v) is 1.75. The summed E-state index contributed by atoms with van der Waals surface area (Å²) in [4.78, 5) is 4.31. The summed E-state index contributed by atoms with van der Waals surface area (Å²) in [7, 11) is 4.72. The Labute approximate surface area is 108 Å². The van der Waals surface area contributed by atoms with Gasteiger partial charge >= 0.3 is 5.11 Å². The molecule has 0 heterocycles. The average Bonchev–Trinajstić information content (AvgIpc) is 2.17. The summed E-state index contributed by atoms with van der Waals surface area (Å²) >= 11 is 1.91. The van der Waals surface area contributed by atoms with E-state index in [1.54, 1.807) is 0 Å². The van der Waals surface area contributed by atoms with Crippen LogP contribution in [0.5, 0.6) is 0 Å². The van der Waals surface area contributed by atoms with Crippen molar-refractivity contribution in [2.24, 2.45) is 0 Å². The molecule has 0 saturated heterocycles. The second kappa shape index (κ2) is 9.86. The zero-order chi connectivity index (χ0) is 14.1. The molecule has 0 atom stereocenters. The van der Waals surface area contributed by atoms with Crippen LogP contribution in [0, 0.1) is 0 Å². The van der Waals surface area contributed by atoms with E-state index in [2.05, 4.69) is 49.1 Å². The number of nitrogens with zero attached hydrogens (tertiary/aromatic N) is 2. The number of hydrogen-bond acceptors (Lipinski definition) is 4. The molecule has 0 rings (SSSR count). The molecule has 104 valence electrons. The van der Waals surface area contributed by atoms with E-state index in [-0.39, 0.29) is 0 Å². The van der Waals surface area contributed by atoms with Gasteiger partial charge in [0.15, 0.2) is 5.75 Å². The van der Waals surface area contributed by atoms with Crippen LogP contribution >= 0.6 is 0 Å². The topological polar surface area (TPSA) is 72.9 Å². The van der Waals surface area contributed by atoms with E-state index >= 15 is 0 Å². The summed E-state index contributed by atoms with van der Waals surface area (Å²) in [5, 5.41) is 1.33. The molecule has 17 heavy (non-hydrogen) atoms. The highest BCUT2D eigenvalue weighted by Crippen LogP contribution is 1.87. The highest BCUT2D eigenvalue weighted by molar-refractivity contribution is 7.80. The van der Waals surface area contributed by atoms with Gasteiger partial charge in [-0.15, -0.1) is 0 Å². The van der Waals surface area contributed by atoms with Crippen LogP contribution in [0.1, 0.15) is 13.3 Å². The smallest absolute Gasteiger partial charge is 0.324 e. The second-order valence-electron chi connectivity index (χ2n) is 3.49. The van der Waals surface area contributed by atoms with Crippen LogP contribution in [0.4, 0.5) is 0 Å². The fourth-order valence-electron chi connectivity index (χ4n) is 0.852. The molecule has 0 aromatic carbocycles. The van der Waals surface area contributed by atoms with Crippen LogP contribution < -0.4 is 0 Å². The summed E-state index contributed by atoms with van der Waals surface area (Å²) < 4.78 is 31.0. The molecule has 0 spiro atoms. The predicted octanol–water partition coefficient (Wildman–Crippen LogP) is -0.217.